The van der Waals surface area contributed by atoms with Gasteiger partial charge >= 0.3 is 0 Å². The van der Waals surface area contributed by atoms with E-state index in [1.54, 1.807) is 0 Å². The van der Waals surface area contributed by atoms with Gasteiger partial charge in [0.25, 0.3) is 5.91 Å². The van der Waals surface area contributed by atoms with Crippen molar-refractivity contribution in [2.45, 2.75) is 41.2 Å². The number of aryl methyl sites for hydroxylation is 1. The minimum absolute atomic E-state index is 0.134. The average molecular weight is 329 g/mol. The molecule has 1 amide bonds. The number of halogens is 1. The molecule has 0 saturated carbocycles. The molecule has 0 spiro atoms. The second-order valence-electron chi connectivity index (χ2n) is 5.83. The Hall–Kier alpha value is -0.770. The highest BCUT2D eigenvalue weighted by Crippen LogP contribution is 2.18. The fourth-order valence-electron chi connectivity index (χ4n) is 2.20. The molecule has 0 aliphatic rings. The molecule has 19 heavy (non-hydrogen) atoms. The van der Waals surface area contributed by atoms with Crippen molar-refractivity contribution in [3.05, 3.63) is 22.4 Å². The number of hydrogen-bond donors (Lipinski definition) is 0. The van der Waals surface area contributed by atoms with Crippen LogP contribution in [0.25, 0.3) is 0 Å². The van der Waals surface area contributed by atoms with E-state index in [0.717, 1.165) is 29.8 Å². The van der Waals surface area contributed by atoms with Crippen LogP contribution < -0.4 is 0 Å². The Labute approximate surface area is 125 Å². The van der Waals surface area contributed by atoms with Gasteiger partial charge in [0, 0.05) is 30.3 Å². The smallest absolute Gasteiger partial charge is 0.270 e. The molecule has 1 aromatic heterocycles. The molecule has 0 aromatic carbocycles. The van der Waals surface area contributed by atoms with Crippen molar-refractivity contribution in [1.82, 2.24) is 9.47 Å². The average Bonchev–Trinajstić information content (AvgIpc) is 2.67. The quantitative estimate of drug-likeness (QED) is 0.774. The number of carbonyl (C=O) groups excluding carboxylic acids is 1. The van der Waals surface area contributed by atoms with Gasteiger partial charge in [-0.05, 0) is 40.8 Å². The SMILES string of the molecule is CCn1cc(Br)cc1C(=O)N(CC(C)C)CC(C)C. The Bertz CT molecular complexity index is 414. The number of nitrogens with zero attached hydrogens (tertiary/aromatic N) is 2. The van der Waals surface area contributed by atoms with Gasteiger partial charge in [0.15, 0.2) is 0 Å². The van der Waals surface area contributed by atoms with Gasteiger partial charge in [-0.3, -0.25) is 4.79 Å². The first-order valence-corrected chi connectivity index (χ1v) is 7.79. The monoisotopic (exact) mass is 328 g/mol. The van der Waals surface area contributed by atoms with E-state index < -0.39 is 0 Å². The lowest BCUT2D eigenvalue weighted by molar-refractivity contribution is 0.0704. The summed E-state index contributed by atoms with van der Waals surface area (Å²) in [5.74, 6) is 1.10. The molecule has 0 saturated heterocycles. The first kappa shape index (κ1) is 16.3. The summed E-state index contributed by atoms with van der Waals surface area (Å²) in [5.41, 5.74) is 0.774. The maximum Gasteiger partial charge on any atom is 0.270 e. The molecule has 0 aliphatic heterocycles. The minimum atomic E-state index is 0.134. The van der Waals surface area contributed by atoms with Crippen LogP contribution in [-0.4, -0.2) is 28.5 Å². The third kappa shape index (κ3) is 4.68. The summed E-state index contributed by atoms with van der Waals surface area (Å²) in [5, 5.41) is 0. The molecule has 108 valence electrons. The van der Waals surface area contributed by atoms with Crippen LogP contribution in [0.2, 0.25) is 0 Å². The van der Waals surface area contributed by atoms with Gasteiger partial charge in [-0.25, -0.2) is 0 Å². The summed E-state index contributed by atoms with van der Waals surface area (Å²) >= 11 is 3.45. The Morgan fingerprint density at radius 2 is 1.79 bits per heavy atom. The maximum atomic E-state index is 12.7. The fraction of sp³-hybridized carbons (Fsp3) is 0.667. The normalized spacial score (nSPS) is 11.4. The lowest BCUT2D eigenvalue weighted by atomic mass is 10.1. The molecule has 0 N–H and O–H groups in total. The Kier molecular flexibility index (Phi) is 6.11. The molecule has 0 aliphatic carbocycles. The second kappa shape index (κ2) is 7.13. The van der Waals surface area contributed by atoms with Crippen molar-refractivity contribution in [2.75, 3.05) is 13.1 Å². The second-order valence-corrected chi connectivity index (χ2v) is 6.74. The zero-order valence-corrected chi connectivity index (χ0v) is 14.2. The van der Waals surface area contributed by atoms with E-state index in [9.17, 15) is 4.79 Å². The maximum absolute atomic E-state index is 12.7. The zero-order chi connectivity index (χ0) is 14.6. The fourth-order valence-corrected chi connectivity index (χ4v) is 2.66. The highest BCUT2D eigenvalue weighted by Gasteiger charge is 2.21. The van der Waals surface area contributed by atoms with E-state index in [1.165, 1.54) is 0 Å². The van der Waals surface area contributed by atoms with Crippen LogP contribution in [-0.2, 0) is 6.54 Å². The largest absolute Gasteiger partial charge is 0.343 e. The van der Waals surface area contributed by atoms with Crippen LogP contribution in [0.5, 0.6) is 0 Å². The third-order valence-corrected chi connectivity index (χ3v) is 3.31. The van der Waals surface area contributed by atoms with Gasteiger partial charge in [-0.2, -0.15) is 0 Å². The summed E-state index contributed by atoms with van der Waals surface area (Å²) < 4.78 is 2.96. The summed E-state index contributed by atoms with van der Waals surface area (Å²) in [6.45, 7) is 13.1. The summed E-state index contributed by atoms with van der Waals surface area (Å²) in [6, 6.07) is 1.92. The predicted octanol–water partition coefficient (Wildman–Crippen LogP) is 4.02. The van der Waals surface area contributed by atoms with Crippen molar-refractivity contribution in [3.63, 3.8) is 0 Å². The van der Waals surface area contributed by atoms with Crippen molar-refractivity contribution in [1.29, 1.82) is 0 Å². The van der Waals surface area contributed by atoms with Crippen LogP contribution in [0.4, 0.5) is 0 Å². The van der Waals surface area contributed by atoms with Gasteiger partial charge in [0.1, 0.15) is 5.69 Å². The molecule has 4 heteroatoms. The van der Waals surface area contributed by atoms with Crippen molar-refractivity contribution < 1.29 is 4.79 Å². The van der Waals surface area contributed by atoms with Crippen LogP contribution in [0.15, 0.2) is 16.7 Å². The molecule has 0 fully saturated rings. The molecule has 0 radical (unpaired) electrons. The molecular weight excluding hydrogens is 304 g/mol. The van der Waals surface area contributed by atoms with Crippen LogP contribution in [0.3, 0.4) is 0 Å². The van der Waals surface area contributed by atoms with E-state index >= 15 is 0 Å². The molecule has 3 nitrogen and oxygen atoms in total. The topological polar surface area (TPSA) is 25.2 Å². The number of hydrogen-bond acceptors (Lipinski definition) is 1. The van der Waals surface area contributed by atoms with Gasteiger partial charge < -0.3 is 9.47 Å². The van der Waals surface area contributed by atoms with Crippen LogP contribution in [0, 0.1) is 11.8 Å². The number of carbonyl (C=O) groups is 1. The van der Waals surface area contributed by atoms with E-state index in [1.807, 2.05) is 21.7 Å². The molecule has 1 rings (SSSR count). The lowest BCUT2D eigenvalue weighted by Crippen LogP contribution is -2.38. The van der Waals surface area contributed by atoms with E-state index in [2.05, 4.69) is 50.5 Å². The van der Waals surface area contributed by atoms with Crippen molar-refractivity contribution in [2.24, 2.45) is 11.8 Å². The number of aromatic nitrogens is 1. The molecule has 1 aromatic rings. The standard InChI is InChI=1S/C15H25BrN2O/c1-6-17-10-13(16)7-14(17)15(19)18(8-11(2)3)9-12(4)5/h7,10-12H,6,8-9H2,1-5H3. The minimum Gasteiger partial charge on any atom is -0.343 e. The zero-order valence-electron chi connectivity index (χ0n) is 12.6. The third-order valence-electron chi connectivity index (χ3n) is 2.88. The first-order valence-electron chi connectivity index (χ1n) is 7.00. The summed E-state index contributed by atoms with van der Waals surface area (Å²) in [7, 11) is 0. The molecule has 0 unspecified atom stereocenters. The molecule has 0 bridgehead atoms. The first-order chi connectivity index (χ1) is 8.85. The van der Waals surface area contributed by atoms with Crippen LogP contribution in [0.1, 0.15) is 45.1 Å². The van der Waals surface area contributed by atoms with Gasteiger partial charge in [0.05, 0.1) is 0 Å². The van der Waals surface area contributed by atoms with Crippen molar-refractivity contribution in [3.8, 4) is 0 Å². The van der Waals surface area contributed by atoms with Gasteiger partial charge in [-0.1, -0.05) is 27.7 Å². The van der Waals surface area contributed by atoms with Crippen molar-refractivity contribution >= 4 is 21.8 Å². The molecule has 0 atom stereocenters. The highest BCUT2D eigenvalue weighted by atomic mass is 79.9. The number of rotatable bonds is 6. The Morgan fingerprint density at radius 1 is 1.26 bits per heavy atom. The van der Waals surface area contributed by atoms with E-state index in [4.69, 9.17) is 0 Å². The molecular formula is C15H25BrN2O. The predicted molar refractivity (Wildman–Crippen MR) is 83.4 cm³/mol. The lowest BCUT2D eigenvalue weighted by Gasteiger charge is -2.26. The Balaban J connectivity index is 2.97. The Morgan fingerprint density at radius 3 is 2.21 bits per heavy atom. The van der Waals surface area contributed by atoms with E-state index in [0.29, 0.717) is 11.8 Å². The van der Waals surface area contributed by atoms with Gasteiger partial charge in [-0.15, -0.1) is 0 Å². The van der Waals surface area contributed by atoms with Crippen LogP contribution >= 0.6 is 15.9 Å². The number of amides is 1. The highest BCUT2D eigenvalue weighted by molar-refractivity contribution is 9.10. The van der Waals surface area contributed by atoms with E-state index in [-0.39, 0.29) is 5.91 Å². The summed E-state index contributed by atoms with van der Waals surface area (Å²) in [4.78, 5) is 14.7. The molecule has 1 heterocycles. The summed E-state index contributed by atoms with van der Waals surface area (Å²) in [6.07, 6.45) is 1.97. The van der Waals surface area contributed by atoms with Gasteiger partial charge in [0.2, 0.25) is 0 Å².